The summed E-state index contributed by atoms with van der Waals surface area (Å²) in [4.78, 5) is 23.6. The molecule has 3 fully saturated rings. The van der Waals surface area contributed by atoms with E-state index in [0.29, 0.717) is 37.2 Å². The highest BCUT2D eigenvalue weighted by Crippen LogP contribution is 2.68. The molecule has 0 spiro atoms. The smallest absolute Gasteiger partial charge is 0.304 e. The Bertz CT molecular complexity index is 809. The van der Waals surface area contributed by atoms with Gasteiger partial charge in [-0.1, -0.05) is 24.5 Å². The van der Waals surface area contributed by atoms with E-state index in [1.54, 1.807) is 0 Å². The molecule has 5 heteroatoms. The second-order valence-electron chi connectivity index (χ2n) is 10.2. The molecular weight excluding hydrogens is 380 g/mol. The summed E-state index contributed by atoms with van der Waals surface area (Å²) in [7, 11) is 0. The monoisotopic (exact) mass is 414 g/mol. The highest BCUT2D eigenvalue weighted by Gasteiger charge is 2.66. The lowest BCUT2D eigenvalue weighted by Crippen LogP contribution is -2.57. The minimum Gasteiger partial charge on any atom is -0.465 e. The molecule has 0 saturated heterocycles. The van der Waals surface area contributed by atoms with Gasteiger partial charge in [0, 0.05) is 24.7 Å². The molecule has 5 nitrogen and oxygen atoms in total. The molecule has 0 aromatic carbocycles. The number of fused-ring (bicyclic) bond motifs is 5. The molecule has 7 atom stereocenters. The fourth-order valence-corrected chi connectivity index (χ4v) is 7.68. The zero-order chi connectivity index (χ0) is 21.7. The summed E-state index contributed by atoms with van der Waals surface area (Å²) in [6, 6.07) is 0. The Morgan fingerprint density at radius 2 is 1.87 bits per heavy atom. The Hall–Kier alpha value is -1.80. The van der Waals surface area contributed by atoms with Gasteiger partial charge in [0.2, 0.25) is 0 Å². The second-order valence-corrected chi connectivity index (χ2v) is 10.2. The number of aliphatic hydroxyl groups excluding tert-OH is 1. The molecule has 4 rings (SSSR count). The molecular formula is C25H34O5. The molecule has 0 heterocycles. The highest BCUT2D eigenvalue weighted by molar-refractivity contribution is 5.67. The summed E-state index contributed by atoms with van der Waals surface area (Å²) in [6.45, 7) is 5.53. The van der Waals surface area contributed by atoms with E-state index in [9.17, 15) is 14.7 Å². The van der Waals surface area contributed by atoms with E-state index in [-0.39, 0.29) is 22.8 Å². The number of terminal acetylenes is 1. The van der Waals surface area contributed by atoms with Crippen molar-refractivity contribution in [3.63, 3.8) is 0 Å². The molecule has 1 N–H and O–H groups in total. The molecule has 0 bridgehead atoms. The third kappa shape index (κ3) is 3.02. The van der Waals surface area contributed by atoms with E-state index in [4.69, 9.17) is 15.9 Å². The van der Waals surface area contributed by atoms with Gasteiger partial charge in [0.05, 0.1) is 6.10 Å². The van der Waals surface area contributed by atoms with Crippen LogP contribution in [0.4, 0.5) is 0 Å². The van der Waals surface area contributed by atoms with Crippen molar-refractivity contribution in [1.82, 2.24) is 0 Å². The number of rotatable bonds is 3. The van der Waals surface area contributed by atoms with Crippen LogP contribution in [0, 0.1) is 40.9 Å². The average molecular weight is 415 g/mol. The van der Waals surface area contributed by atoms with Gasteiger partial charge in [-0.05, 0) is 69.1 Å². The zero-order valence-corrected chi connectivity index (χ0v) is 18.4. The summed E-state index contributed by atoms with van der Waals surface area (Å²) in [5.74, 6) is 3.58. The predicted molar refractivity (Wildman–Crippen MR) is 112 cm³/mol. The minimum atomic E-state index is -0.823. The number of carbonyl (C=O) groups is 2. The Kier molecular flexibility index (Phi) is 5.29. The fourth-order valence-electron chi connectivity index (χ4n) is 7.68. The van der Waals surface area contributed by atoms with Crippen LogP contribution in [-0.4, -0.2) is 35.4 Å². The molecule has 164 valence electrons. The molecule has 4 aliphatic rings. The average Bonchev–Trinajstić information content (AvgIpc) is 2.98. The van der Waals surface area contributed by atoms with Gasteiger partial charge in [-0.3, -0.25) is 9.59 Å². The molecule has 0 radical (unpaired) electrons. The van der Waals surface area contributed by atoms with Crippen LogP contribution in [0.1, 0.15) is 72.1 Å². The maximum atomic E-state index is 11.9. The lowest BCUT2D eigenvalue weighted by atomic mass is 9.46. The SMILES string of the molecule is C#C[C@]1(OC(C)=O)CC[C@H]2[C@@H]3CCC4=C[C@@H](O)CC[C@]4(COC(C)=O)[C@H]3CC[C@@]21C. The Morgan fingerprint density at radius 3 is 2.53 bits per heavy atom. The van der Waals surface area contributed by atoms with Crippen molar-refractivity contribution in [3.8, 4) is 12.3 Å². The molecule has 0 unspecified atom stereocenters. The quantitative estimate of drug-likeness (QED) is 0.432. The Balaban J connectivity index is 1.69. The predicted octanol–water partition coefficient (Wildman–Crippen LogP) is 3.79. The lowest BCUT2D eigenvalue weighted by molar-refractivity contribution is -0.171. The van der Waals surface area contributed by atoms with E-state index < -0.39 is 11.7 Å². The Morgan fingerprint density at radius 1 is 1.13 bits per heavy atom. The van der Waals surface area contributed by atoms with Gasteiger partial charge in [0.1, 0.15) is 6.61 Å². The van der Waals surface area contributed by atoms with Crippen LogP contribution in [0.2, 0.25) is 0 Å². The van der Waals surface area contributed by atoms with Crippen LogP contribution >= 0.6 is 0 Å². The molecule has 3 saturated carbocycles. The summed E-state index contributed by atoms with van der Waals surface area (Å²) in [6.07, 6.45) is 14.7. The number of aliphatic hydroxyl groups is 1. The number of carbonyl (C=O) groups excluding carboxylic acids is 2. The highest BCUT2D eigenvalue weighted by atomic mass is 16.6. The molecule has 0 aromatic rings. The van der Waals surface area contributed by atoms with Crippen LogP contribution < -0.4 is 0 Å². The van der Waals surface area contributed by atoms with E-state index in [2.05, 4.69) is 12.8 Å². The van der Waals surface area contributed by atoms with Crippen molar-refractivity contribution in [1.29, 1.82) is 0 Å². The largest absolute Gasteiger partial charge is 0.465 e. The summed E-state index contributed by atoms with van der Waals surface area (Å²) in [5.41, 5.74) is 0.0367. The van der Waals surface area contributed by atoms with Crippen LogP contribution in [0.5, 0.6) is 0 Å². The van der Waals surface area contributed by atoms with E-state index in [1.807, 2.05) is 6.08 Å². The summed E-state index contributed by atoms with van der Waals surface area (Å²) in [5, 5.41) is 10.3. The van der Waals surface area contributed by atoms with Crippen molar-refractivity contribution in [3.05, 3.63) is 11.6 Å². The van der Waals surface area contributed by atoms with Crippen molar-refractivity contribution >= 4 is 11.9 Å². The normalized spacial score (nSPS) is 44.6. The van der Waals surface area contributed by atoms with E-state index in [1.165, 1.54) is 19.4 Å². The van der Waals surface area contributed by atoms with Gasteiger partial charge >= 0.3 is 11.9 Å². The van der Waals surface area contributed by atoms with Crippen LogP contribution in [-0.2, 0) is 19.1 Å². The maximum absolute atomic E-state index is 11.9. The van der Waals surface area contributed by atoms with E-state index in [0.717, 1.165) is 38.5 Å². The maximum Gasteiger partial charge on any atom is 0.304 e. The first-order valence-electron chi connectivity index (χ1n) is 11.4. The van der Waals surface area contributed by atoms with Gasteiger partial charge in [0.25, 0.3) is 0 Å². The second kappa shape index (κ2) is 7.41. The third-order valence-electron chi connectivity index (χ3n) is 9.02. The van der Waals surface area contributed by atoms with Crippen molar-refractivity contribution < 1.29 is 24.2 Å². The first-order valence-corrected chi connectivity index (χ1v) is 11.4. The van der Waals surface area contributed by atoms with Gasteiger partial charge in [-0.15, -0.1) is 6.42 Å². The topological polar surface area (TPSA) is 72.8 Å². The molecule has 0 aromatic heterocycles. The molecule has 0 aliphatic heterocycles. The lowest BCUT2D eigenvalue weighted by Gasteiger charge is -2.59. The first kappa shape index (κ1) is 21.4. The summed E-state index contributed by atoms with van der Waals surface area (Å²) < 4.78 is 11.5. The van der Waals surface area contributed by atoms with Gasteiger partial charge < -0.3 is 14.6 Å². The molecule has 30 heavy (non-hydrogen) atoms. The van der Waals surface area contributed by atoms with Gasteiger partial charge in [-0.2, -0.15) is 0 Å². The third-order valence-corrected chi connectivity index (χ3v) is 9.02. The molecule has 0 amide bonds. The van der Waals surface area contributed by atoms with Crippen molar-refractivity contribution in [2.75, 3.05) is 6.61 Å². The van der Waals surface area contributed by atoms with Crippen LogP contribution in [0.25, 0.3) is 0 Å². The van der Waals surface area contributed by atoms with Gasteiger partial charge in [-0.25, -0.2) is 0 Å². The zero-order valence-electron chi connectivity index (χ0n) is 18.4. The van der Waals surface area contributed by atoms with Crippen LogP contribution in [0.15, 0.2) is 11.6 Å². The summed E-state index contributed by atoms with van der Waals surface area (Å²) >= 11 is 0. The van der Waals surface area contributed by atoms with Crippen molar-refractivity contribution in [2.24, 2.45) is 28.6 Å². The van der Waals surface area contributed by atoms with Gasteiger partial charge in [0.15, 0.2) is 5.60 Å². The van der Waals surface area contributed by atoms with Crippen LogP contribution in [0.3, 0.4) is 0 Å². The minimum absolute atomic E-state index is 0.183. The number of esters is 2. The first-order chi connectivity index (χ1) is 14.2. The fraction of sp³-hybridized carbons (Fsp3) is 0.760. The van der Waals surface area contributed by atoms with E-state index >= 15 is 0 Å². The number of hydrogen-bond donors (Lipinski definition) is 1. The number of hydrogen-bond acceptors (Lipinski definition) is 5. The molecule has 4 aliphatic carbocycles. The van der Waals surface area contributed by atoms with Crippen molar-refractivity contribution in [2.45, 2.75) is 83.8 Å². The Labute approximate surface area is 179 Å². The standard InChI is InChI=1S/C25H34O5/c1-5-25(30-17(3)27)13-10-21-20-7-6-18-14-19(28)8-12-24(18,15-29-16(2)26)22(20)9-11-23(21,25)4/h1,14,19-22,28H,6-13,15H2,2-4H3/t19-,20-,21-,22-,23-,24+,25-/m0/s1. The number of ether oxygens (including phenoxy) is 2.